The quantitative estimate of drug-likeness (QED) is 0.131. The summed E-state index contributed by atoms with van der Waals surface area (Å²) < 4.78 is 15.3. The van der Waals surface area contributed by atoms with Crippen molar-refractivity contribution < 1.29 is 38.0 Å². The number of carbonyl (C=O) groups excluding carboxylic acids is 4. The Morgan fingerprint density at radius 2 is 1.78 bits per heavy atom. The molecule has 3 aromatic rings. The number of amides is 3. The number of non-ortho nitro benzene ring substituents is 1. The molecule has 0 radical (unpaired) electrons. The molecule has 0 unspecified atom stereocenters. The van der Waals surface area contributed by atoms with Crippen molar-refractivity contribution in [3.05, 3.63) is 99.1 Å². The first-order valence-electron chi connectivity index (χ1n) is 10.3. The van der Waals surface area contributed by atoms with Gasteiger partial charge in [-0.3, -0.25) is 19.8 Å². The number of urea groups is 1. The van der Waals surface area contributed by atoms with Crippen LogP contribution in [0.3, 0.4) is 0 Å². The third-order valence-electron chi connectivity index (χ3n) is 5.06. The average Bonchev–Trinajstić information content (AvgIpc) is 3.45. The molecule has 12 nitrogen and oxygen atoms in total. The molecule has 3 amide bonds. The van der Waals surface area contributed by atoms with Gasteiger partial charge in [0.15, 0.2) is 0 Å². The number of nitro groups is 1. The fraction of sp³-hybridized carbons (Fsp3) is 0.0833. The zero-order chi connectivity index (χ0) is 25.8. The lowest BCUT2D eigenvalue weighted by molar-refractivity contribution is -0.384. The molecule has 1 saturated heterocycles. The molecule has 0 aliphatic carbocycles. The minimum atomic E-state index is -0.765. The molecule has 1 aromatic heterocycles. The highest BCUT2D eigenvalue weighted by Gasteiger charge is 2.34. The zero-order valence-corrected chi connectivity index (χ0v) is 18.6. The Kier molecular flexibility index (Phi) is 6.59. The van der Waals surface area contributed by atoms with Crippen LogP contribution in [-0.4, -0.2) is 40.8 Å². The number of furan rings is 1. The summed E-state index contributed by atoms with van der Waals surface area (Å²) in [5, 5.41) is 13.2. The maximum atomic E-state index is 12.8. The normalized spacial score (nSPS) is 14.0. The van der Waals surface area contributed by atoms with Gasteiger partial charge in [0.05, 0.1) is 24.1 Å². The summed E-state index contributed by atoms with van der Waals surface area (Å²) in [6, 6.07) is 13.3. The molecule has 1 N–H and O–H groups in total. The van der Waals surface area contributed by atoms with Gasteiger partial charge < -0.3 is 19.2 Å². The summed E-state index contributed by atoms with van der Waals surface area (Å²) in [5.74, 6) is -1.90. The van der Waals surface area contributed by atoms with Crippen LogP contribution in [0.15, 0.2) is 70.8 Å². The number of benzene rings is 2. The fourth-order valence-electron chi connectivity index (χ4n) is 3.27. The maximum Gasteiger partial charge on any atom is 0.373 e. The van der Waals surface area contributed by atoms with E-state index >= 15 is 0 Å². The van der Waals surface area contributed by atoms with Gasteiger partial charge in [0.2, 0.25) is 5.76 Å². The number of methoxy groups -OCH3 is 1. The molecule has 1 fully saturated rings. The number of rotatable bonds is 7. The molecule has 182 valence electrons. The van der Waals surface area contributed by atoms with Crippen molar-refractivity contribution in [1.29, 1.82) is 0 Å². The summed E-state index contributed by atoms with van der Waals surface area (Å²) in [7, 11) is 1.19. The third-order valence-corrected chi connectivity index (χ3v) is 5.06. The van der Waals surface area contributed by atoms with E-state index < -0.39 is 28.8 Å². The van der Waals surface area contributed by atoms with Crippen molar-refractivity contribution in [1.82, 2.24) is 10.2 Å². The zero-order valence-electron chi connectivity index (χ0n) is 18.6. The van der Waals surface area contributed by atoms with Crippen LogP contribution >= 0.6 is 0 Å². The summed E-state index contributed by atoms with van der Waals surface area (Å²) in [5.41, 5.74) is 0.167. The van der Waals surface area contributed by atoms with Gasteiger partial charge in [-0.1, -0.05) is 18.2 Å². The minimum absolute atomic E-state index is 0.0703. The number of nitrogens with one attached hydrogen (secondary N) is 1. The Balaban J connectivity index is 1.51. The molecule has 2 heterocycles. The number of imide groups is 1. The Hall–Kier alpha value is -5.26. The molecule has 0 saturated carbocycles. The van der Waals surface area contributed by atoms with E-state index in [1.165, 1.54) is 55.7 Å². The van der Waals surface area contributed by atoms with Gasteiger partial charge in [0.1, 0.15) is 17.2 Å². The molecular weight excluding hydrogens is 474 g/mol. The Bertz CT molecular complexity index is 1410. The van der Waals surface area contributed by atoms with E-state index in [0.717, 1.165) is 4.90 Å². The number of carbonyl (C=O) groups is 4. The third kappa shape index (κ3) is 4.97. The first-order chi connectivity index (χ1) is 17.3. The second-order valence-corrected chi connectivity index (χ2v) is 7.37. The molecule has 36 heavy (non-hydrogen) atoms. The van der Waals surface area contributed by atoms with Crippen LogP contribution in [0.1, 0.15) is 32.2 Å². The summed E-state index contributed by atoms with van der Waals surface area (Å²) in [6.45, 7) is -0.226. The highest BCUT2D eigenvalue weighted by molar-refractivity contribution is 6.14. The van der Waals surface area contributed by atoms with Crippen LogP contribution < -0.4 is 10.1 Å². The summed E-state index contributed by atoms with van der Waals surface area (Å²) >= 11 is 0. The van der Waals surface area contributed by atoms with Crippen molar-refractivity contribution >= 4 is 35.6 Å². The first kappa shape index (κ1) is 23.9. The van der Waals surface area contributed by atoms with E-state index in [1.54, 1.807) is 18.2 Å². The van der Waals surface area contributed by atoms with Gasteiger partial charge >= 0.3 is 18.0 Å². The number of esters is 2. The number of ether oxygens (including phenoxy) is 2. The molecule has 12 heteroatoms. The van der Waals surface area contributed by atoms with E-state index in [2.05, 4.69) is 10.1 Å². The molecule has 0 bridgehead atoms. The van der Waals surface area contributed by atoms with Gasteiger partial charge in [-0.2, -0.15) is 0 Å². The lowest BCUT2D eigenvalue weighted by Gasteiger charge is -2.09. The summed E-state index contributed by atoms with van der Waals surface area (Å²) in [4.78, 5) is 60.4. The predicted molar refractivity (Wildman–Crippen MR) is 122 cm³/mol. The highest BCUT2D eigenvalue weighted by atomic mass is 16.6. The smallest absolute Gasteiger partial charge is 0.373 e. The van der Waals surface area contributed by atoms with Crippen molar-refractivity contribution in [3.8, 4) is 5.75 Å². The molecule has 2 aromatic carbocycles. The number of nitro benzene ring substituents is 1. The van der Waals surface area contributed by atoms with Crippen LogP contribution in [0.2, 0.25) is 0 Å². The number of hydrogen-bond acceptors (Lipinski definition) is 9. The predicted octanol–water partition coefficient (Wildman–Crippen LogP) is 3.29. The van der Waals surface area contributed by atoms with Crippen molar-refractivity contribution in [2.75, 3.05) is 7.11 Å². The van der Waals surface area contributed by atoms with E-state index in [-0.39, 0.29) is 40.8 Å². The average molecular weight is 491 g/mol. The SMILES string of the molecule is COC(=O)c1ccc(CN2C(=O)NC(=Cc3ccccc3OC(=O)c3ccc([N+](=O)[O-])cc3)C2=O)o1. The molecule has 1 aliphatic heterocycles. The van der Waals surface area contributed by atoms with Gasteiger partial charge in [0, 0.05) is 17.7 Å². The van der Waals surface area contributed by atoms with Crippen LogP contribution in [0.25, 0.3) is 6.08 Å². The molecule has 0 spiro atoms. The second kappa shape index (κ2) is 9.93. The topological polar surface area (TPSA) is 158 Å². The number of nitrogens with zero attached hydrogens (tertiary/aromatic N) is 2. The van der Waals surface area contributed by atoms with E-state index in [0.29, 0.717) is 5.56 Å². The Labute approximate surface area is 202 Å². The van der Waals surface area contributed by atoms with Crippen molar-refractivity contribution in [3.63, 3.8) is 0 Å². The Morgan fingerprint density at radius 3 is 2.47 bits per heavy atom. The molecule has 0 atom stereocenters. The maximum absolute atomic E-state index is 12.8. The van der Waals surface area contributed by atoms with Crippen molar-refractivity contribution in [2.45, 2.75) is 6.54 Å². The minimum Gasteiger partial charge on any atom is -0.463 e. The van der Waals surface area contributed by atoms with E-state index in [9.17, 15) is 29.3 Å². The lowest BCUT2D eigenvalue weighted by Crippen LogP contribution is -2.30. The van der Waals surface area contributed by atoms with Crippen LogP contribution in [0.5, 0.6) is 5.75 Å². The monoisotopic (exact) mass is 491 g/mol. The highest BCUT2D eigenvalue weighted by Crippen LogP contribution is 2.25. The molecular formula is C24H17N3O9. The fourth-order valence-corrected chi connectivity index (χ4v) is 3.27. The standard InChI is InChI=1S/C24H17N3O9/c1-34-23(30)20-11-10-17(35-20)13-26-21(28)18(25-24(26)31)12-15-4-2-3-5-19(15)36-22(29)14-6-8-16(9-7-14)27(32)33/h2-12H,13H2,1H3,(H,25,31). The van der Waals surface area contributed by atoms with Gasteiger partial charge in [0.25, 0.3) is 11.6 Å². The first-order valence-corrected chi connectivity index (χ1v) is 10.3. The largest absolute Gasteiger partial charge is 0.463 e. The van der Waals surface area contributed by atoms with Crippen LogP contribution in [0.4, 0.5) is 10.5 Å². The van der Waals surface area contributed by atoms with E-state index in [4.69, 9.17) is 9.15 Å². The lowest BCUT2D eigenvalue weighted by atomic mass is 10.1. The summed E-state index contributed by atoms with van der Waals surface area (Å²) in [6.07, 6.45) is 1.35. The number of hydrogen-bond donors (Lipinski definition) is 1. The van der Waals surface area contributed by atoms with Crippen LogP contribution in [0, 0.1) is 10.1 Å². The molecule has 4 rings (SSSR count). The molecule has 1 aliphatic rings. The van der Waals surface area contributed by atoms with Gasteiger partial charge in [-0.15, -0.1) is 0 Å². The van der Waals surface area contributed by atoms with Crippen molar-refractivity contribution in [2.24, 2.45) is 0 Å². The van der Waals surface area contributed by atoms with Crippen LogP contribution in [-0.2, 0) is 16.1 Å². The van der Waals surface area contributed by atoms with Gasteiger partial charge in [-0.05, 0) is 36.4 Å². The number of para-hydroxylation sites is 1. The van der Waals surface area contributed by atoms with E-state index in [1.807, 2.05) is 0 Å². The second-order valence-electron chi connectivity index (χ2n) is 7.37. The Morgan fingerprint density at radius 1 is 1.06 bits per heavy atom. The van der Waals surface area contributed by atoms with Gasteiger partial charge in [-0.25, -0.2) is 14.4 Å².